The predicted molar refractivity (Wildman–Crippen MR) is 115 cm³/mol. The van der Waals surface area contributed by atoms with Crippen molar-refractivity contribution in [2.75, 3.05) is 14.2 Å². The van der Waals surface area contributed by atoms with E-state index >= 15 is 0 Å². The van der Waals surface area contributed by atoms with E-state index in [4.69, 9.17) is 42.6 Å². The third-order valence-electron chi connectivity index (χ3n) is 4.56. The van der Waals surface area contributed by atoms with E-state index < -0.39 is 0 Å². The molecule has 6 heteroatoms. The van der Waals surface area contributed by atoms with Crippen LogP contribution in [0.5, 0.6) is 11.5 Å². The number of rotatable bonds is 6. The molecule has 0 saturated carbocycles. The fourth-order valence-corrected chi connectivity index (χ4v) is 3.48. The molecule has 3 rings (SSSR count). The van der Waals surface area contributed by atoms with Crippen LogP contribution >= 0.6 is 23.2 Å². The largest absolute Gasteiger partial charge is 0.497 e. The summed E-state index contributed by atoms with van der Waals surface area (Å²) < 4.78 is 10.9. The molecular weight excluding hydrogens is 395 g/mol. The van der Waals surface area contributed by atoms with E-state index in [1.807, 2.05) is 31.2 Å². The molecule has 0 amide bonds. The predicted octanol–water partition coefficient (Wildman–Crippen LogP) is 6.26. The van der Waals surface area contributed by atoms with Gasteiger partial charge in [-0.1, -0.05) is 37.0 Å². The summed E-state index contributed by atoms with van der Waals surface area (Å²) in [6.07, 6.45) is 1.42. The first-order chi connectivity index (χ1) is 13.5. The topological polar surface area (TPSA) is 44.2 Å². The molecule has 1 heterocycles. The van der Waals surface area contributed by atoms with E-state index in [2.05, 4.69) is 6.92 Å². The van der Waals surface area contributed by atoms with Crippen LogP contribution in [0.3, 0.4) is 0 Å². The van der Waals surface area contributed by atoms with Gasteiger partial charge in [0.25, 0.3) is 0 Å². The van der Waals surface area contributed by atoms with Crippen molar-refractivity contribution in [1.29, 1.82) is 0 Å². The number of nitrogens with zero attached hydrogens (tertiary/aromatic N) is 2. The van der Waals surface area contributed by atoms with Crippen molar-refractivity contribution in [3.8, 4) is 34.0 Å². The van der Waals surface area contributed by atoms with Gasteiger partial charge in [-0.2, -0.15) is 0 Å². The van der Waals surface area contributed by atoms with Crippen molar-refractivity contribution >= 4 is 23.2 Å². The molecule has 0 aliphatic carbocycles. The van der Waals surface area contributed by atoms with Gasteiger partial charge in [0.1, 0.15) is 11.5 Å². The zero-order chi connectivity index (χ0) is 20.3. The lowest BCUT2D eigenvalue weighted by Gasteiger charge is -2.16. The van der Waals surface area contributed by atoms with Crippen LogP contribution in [0, 0.1) is 0 Å². The first-order valence-corrected chi connectivity index (χ1v) is 9.85. The Balaban J connectivity index is 2.24. The Bertz CT molecular complexity index is 1010. The number of hydrogen-bond donors (Lipinski definition) is 0. The minimum atomic E-state index is 0.602. The van der Waals surface area contributed by atoms with Crippen LogP contribution < -0.4 is 9.47 Å². The smallest absolute Gasteiger partial charge is 0.132 e. The van der Waals surface area contributed by atoms with Crippen LogP contribution in [0.2, 0.25) is 10.0 Å². The van der Waals surface area contributed by atoms with Crippen molar-refractivity contribution in [3.63, 3.8) is 0 Å². The lowest BCUT2D eigenvalue weighted by Crippen LogP contribution is -2.05. The van der Waals surface area contributed by atoms with Gasteiger partial charge in [0, 0.05) is 22.2 Å². The number of hydrogen-bond acceptors (Lipinski definition) is 4. The van der Waals surface area contributed by atoms with Crippen LogP contribution in [-0.2, 0) is 12.8 Å². The number of aromatic nitrogens is 2. The van der Waals surface area contributed by atoms with Gasteiger partial charge in [-0.05, 0) is 43.2 Å². The van der Waals surface area contributed by atoms with Gasteiger partial charge >= 0.3 is 0 Å². The number of halogens is 2. The van der Waals surface area contributed by atoms with Crippen molar-refractivity contribution in [2.24, 2.45) is 0 Å². The van der Waals surface area contributed by atoms with E-state index in [9.17, 15) is 0 Å². The molecule has 0 saturated heterocycles. The van der Waals surface area contributed by atoms with Gasteiger partial charge in [0.2, 0.25) is 0 Å². The number of aryl methyl sites for hydroxylation is 2. The summed E-state index contributed by atoms with van der Waals surface area (Å²) in [6.45, 7) is 4.10. The van der Waals surface area contributed by atoms with Gasteiger partial charge in [-0.15, -0.1) is 0 Å². The standard InChI is InChI=1S/C22H22Cl2N2O2/c1-5-18-21(15-9-8-14(27-3)12-20(15)28-4)25-19(6-2)22(26-18)16-11-13(23)7-10-17(16)24/h7-12H,5-6H2,1-4H3. The lowest BCUT2D eigenvalue weighted by molar-refractivity contribution is 0.395. The molecule has 3 aromatic rings. The van der Waals surface area contributed by atoms with E-state index in [1.54, 1.807) is 26.4 Å². The molecule has 0 atom stereocenters. The van der Waals surface area contributed by atoms with Crippen molar-refractivity contribution in [1.82, 2.24) is 9.97 Å². The highest BCUT2D eigenvalue weighted by molar-refractivity contribution is 6.35. The van der Waals surface area contributed by atoms with Crippen LogP contribution in [0.1, 0.15) is 25.2 Å². The second-order valence-corrected chi connectivity index (χ2v) is 7.06. The molecule has 2 aromatic carbocycles. The fraction of sp³-hybridized carbons (Fsp3) is 0.273. The molecule has 0 fully saturated rings. The SMILES string of the molecule is CCc1nc(-c2ccc(OC)cc2OC)c(CC)nc1-c1cc(Cl)ccc1Cl. The zero-order valence-electron chi connectivity index (χ0n) is 16.3. The average Bonchev–Trinajstić information content (AvgIpc) is 2.73. The average molecular weight is 417 g/mol. The Morgan fingerprint density at radius 1 is 0.786 bits per heavy atom. The number of methoxy groups -OCH3 is 2. The second kappa shape index (κ2) is 8.80. The Morgan fingerprint density at radius 3 is 2.00 bits per heavy atom. The molecule has 0 aliphatic heterocycles. The highest BCUT2D eigenvalue weighted by Gasteiger charge is 2.19. The van der Waals surface area contributed by atoms with Crippen LogP contribution in [0.4, 0.5) is 0 Å². The van der Waals surface area contributed by atoms with Gasteiger partial charge in [-0.3, -0.25) is 0 Å². The molecule has 4 nitrogen and oxygen atoms in total. The van der Waals surface area contributed by atoms with E-state index in [-0.39, 0.29) is 0 Å². The second-order valence-electron chi connectivity index (χ2n) is 6.21. The normalized spacial score (nSPS) is 10.8. The fourth-order valence-electron chi connectivity index (χ4n) is 3.10. The van der Waals surface area contributed by atoms with Gasteiger partial charge in [0.15, 0.2) is 0 Å². The van der Waals surface area contributed by atoms with Crippen molar-refractivity contribution in [3.05, 3.63) is 57.8 Å². The monoisotopic (exact) mass is 416 g/mol. The summed E-state index contributed by atoms with van der Waals surface area (Å²) in [4.78, 5) is 9.89. The number of ether oxygens (including phenoxy) is 2. The lowest BCUT2D eigenvalue weighted by atomic mass is 10.0. The Labute approximate surface area is 175 Å². The molecule has 0 spiro atoms. The van der Waals surface area contributed by atoms with Crippen LogP contribution in [0.15, 0.2) is 36.4 Å². The van der Waals surface area contributed by atoms with Crippen molar-refractivity contribution in [2.45, 2.75) is 26.7 Å². The maximum atomic E-state index is 6.43. The molecule has 0 aliphatic rings. The third-order valence-corrected chi connectivity index (χ3v) is 5.12. The summed E-state index contributed by atoms with van der Waals surface area (Å²) in [5.41, 5.74) is 4.97. The highest BCUT2D eigenvalue weighted by Crippen LogP contribution is 2.37. The quantitative estimate of drug-likeness (QED) is 0.475. The minimum Gasteiger partial charge on any atom is -0.497 e. The zero-order valence-corrected chi connectivity index (χ0v) is 17.9. The van der Waals surface area contributed by atoms with Gasteiger partial charge in [0.05, 0.1) is 42.0 Å². The Hall–Kier alpha value is -2.30. The van der Waals surface area contributed by atoms with E-state index in [1.165, 1.54) is 0 Å². The van der Waals surface area contributed by atoms with Gasteiger partial charge in [-0.25, -0.2) is 9.97 Å². The summed E-state index contributed by atoms with van der Waals surface area (Å²) in [6, 6.07) is 11.1. The number of benzene rings is 2. The molecular formula is C22H22Cl2N2O2. The molecule has 0 unspecified atom stereocenters. The van der Waals surface area contributed by atoms with Crippen LogP contribution in [0.25, 0.3) is 22.5 Å². The van der Waals surface area contributed by atoms with Crippen LogP contribution in [-0.4, -0.2) is 24.2 Å². The molecule has 0 radical (unpaired) electrons. The molecule has 0 N–H and O–H groups in total. The summed E-state index contributed by atoms with van der Waals surface area (Å²) >= 11 is 12.6. The van der Waals surface area contributed by atoms with E-state index in [0.29, 0.717) is 28.6 Å². The third kappa shape index (κ3) is 3.94. The summed E-state index contributed by atoms with van der Waals surface area (Å²) in [5.74, 6) is 1.42. The Morgan fingerprint density at radius 2 is 1.43 bits per heavy atom. The molecule has 28 heavy (non-hydrogen) atoms. The minimum absolute atomic E-state index is 0.602. The van der Waals surface area contributed by atoms with Crippen molar-refractivity contribution < 1.29 is 9.47 Å². The Kier molecular flexibility index (Phi) is 6.42. The first kappa shape index (κ1) is 20.4. The maximum Gasteiger partial charge on any atom is 0.132 e. The summed E-state index contributed by atoms with van der Waals surface area (Å²) in [5, 5.41) is 1.22. The molecule has 0 bridgehead atoms. The van der Waals surface area contributed by atoms with Gasteiger partial charge < -0.3 is 9.47 Å². The summed E-state index contributed by atoms with van der Waals surface area (Å²) in [7, 11) is 3.27. The maximum absolute atomic E-state index is 6.43. The van der Waals surface area contributed by atoms with E-state index in [0.717, 1.165) is 39.7 Å². The highest BCUT2D eigenvalue weighted by atomic mass is 35.5. The molecule has 146 valence electrons. The molecule has 1 aromatic heterocycles. The first-order valence-electron chi connectivity index (χ1n) is 9.09.